The molecule has 0 bridgehead atoms. The first-order valence-electron chi connectivity index (χ1n) is 8.30. The second-order valence-corrected chi connectivity index (χ2v) is 6.01. The molecule has 0 saturated carbocycles. The lowest BCUT2D eigenvalue weighted by Gasteiger charge is -2.27. The lowest BCUT2D eigenvalue weighted by atomic mass is 10.1. The van der Waals surface area contributed by atoms with E-state index in [0.29, 0.717) is 5.56 Å². The van der Waals surface area contributed by atoms with Crippen molar-refractivity contribution < 1.29 is 9.53 Å². The molecule has 2 heterocycles. The molecule has 0 radical (unpaired) electrons. The first-order chi connectivity index (χ1) is 11.7. The molecule has 0 aliphatic carbocycles. The molecule has 1 amide bonds. The van der Waals surface area contributed by atoms with Gasteiger partial charge in [0.15, 0.2) is 0 Å². The van der Waals surface area contributed by atoms with E-state index in [1.54, 1.807) is 29.2 Å². The van der Waals surface area contributed by atoms with Crippen LogP contribution in [-0.2, 0) is 4.74 Å². The van der Waals surface area contributed by atoms with Crippen LogP contribution in [0.2, 0.25) is 0 Å². The summed E-state index contributed by atoms with van der Waals surface area (Å²) in [7, 11) is 0. The molecule has 128 valence electrons. The smallest absolute Gasteiger partial charge is 0.251 e. The van der Waals surface area contributed by atoms with Gasteiger partial charge in [0.2, 0.25) is 0 Å². The van der Waals surface area contributed by atoms with Crippen molar-refractivity contribution in [1.29, 1.82) is 0 Å². The third kappa shape index (κ3) is 4.39. The summed E-state index contributed by atoms with van der Waals surface area (Å²) in [6, 6.07) is 7.47. The number of carbonyl (C=O) groups is 1. The first kappa shape index (κ1) is 16.6. The summed E-state index contributed by atoms with van der Waals surface area (Å²) in [6.07, 6.45) is 4.32. The molecule has 1 aliphatic heterocycles. The lowest BCUT2D eigenvalue weighted by Crippen LogP contribution is -2.40. The van der Waals surface area contributed by atoms with Crippen LogP contribution in [0.3, 0.4) is 0 Å². The van der Waals surface area contributed by atoms with Crippen LogP contribution in [0.5, 0.6) is 0 Å². The van der Waals surface area contributed by atoms with E-state index in [9.17, 15) is 4.79 Å². The van der Waals surface area contributed by atoms with E-state index in [1.807, 2.05) is 19.1 Å². The van der Waals surface area contributed by atoms with E-state index in [2.05, 4.69) is 20.5 Å². The molecule has 1 N–H and O–H groups in total. The van der Waals surface area contributed by atoms with Crippen molar-refractivity contribution in [1.82, 2.24) is 25.2 Å². The molecule has 0 spiro atoms. The highest BCUT2D eigenvalue weighted by atomic mass is 16.5. The van der Waals surface area contributed by atoms with Gasteiger partial charge in [-0.05, 0) is 37.6 Å². The van der Waals surface area contributed by atoms with Crippen LogP contribution in [0.1, 0.15) is 23.7 Å². The number of nitrogens with zero attached hydrogens (tertiary/aromatic N) is 4. The lowest BCUT2D eigenvalue weighted by molar-refractivity contribution is 0.0363. The predicted molar refractivity (Wildman–Crippen MR) is 90.2 cm³/mol. The maximum Gasteiger partial charge on any atom is 0.251 e. The Morgan fingerprint density at radius 3 is 2.71 bits per heavy atom. The van der Waals surface area contributed by atoms with Crippen LogP contribution in [0.15, 0.2) is 36.7 Å². The molecular formula is C17H23N5O2. The second kappa shape index (κ2) is 8.03. The summed E-state index contributed by atoms with van der Waals surface area (Å²) in [4.78, 5) is 14.7. The van der Waals surface area contributed by atoms with Gasteiger partial charge in [-0.3, -0.25) is 9.69 Å². The molecule has 2 aromatic rings. The Morgan fingerprint density at radius 2 is 2.04 bits per heavy atom. The van der Waals surface area contributed by atoms with Crippen LogP contribution in [-0.4, -0.2) is 64.7 Å². The highest BCUT2D eigenvalue weighted by Crippen LogP contribution is 2.09. The highest BCUT2D eigenvalue weighted by Gasteiger charge is 2.14. The van der Waals surface area contributed by atoms with Gasteiger partial charge in [-0.15, -0.1) is 5.10 Å². The molecule has 1 aromatic heterocycles. The maximum atomic E-state index is 12.3. The Hall–Kier alpha value is -2.25. The van der Waals surface area contributed by atoms with Gasteiger partial charge < -0.3 is 10.1 Å². The number of amides is 1. The van der Waals surface area contributed by atoms with Gasteiger partial charge in [-0.25, -0.2) is 4.68 Å². The van der Waals surface area contributed by atoms with Crippen LogP contribution in [0.25, 0.3) is 5.69 Å². The molecule has 1 aliphatic rings. The Morgan fingerprint density at radius 1 is 1.29 bits per heavy atom. The van der Waals surface area contributed by atoms with E-state index in [-0.39, 0.29) is 11.9 Å². The topological polar surface area (TPSA) is 72.3 Å². The number of hydrogen-bond acceptors (Lipinski definition) is 5. The number of ether oxygens (including phenoxy) is 1. The Balaban J connectivity index is 1.48. The molecule has 1 saturated heterocycles. The third-order valence-electron chi connectivity index (χ3n) is 4.18. The number of benzene rings is 1. The number of nitrogens with one attached hydrogen (secondary N) is 1. The quantitative estimate of drug-likeness (QED) is 0.859. The minimum absolute atomic E-state index is 0.0467. The van der Waals surface area contributed by atoms with Crippen molar-refractivity contribution in [2.24, 2.45) is 0 Å². The van der Waals surface area contributed by atoms with Crippen LogP contribution >= 0.6 is 0 Å². The van der Waals surface area contributed by atoms with Crippen molar-refractivity contribution in [2.45, 2.75) is 19.4 Å². The number of carbonyl (C=O) groups excluding carboxylic acids is 1. The SMILES string of the molecule is CC(CCN1CCOCC1)NC(=O)c1ccc(-n2ccnn2)cc1. The number of morpholine rings is 1. The van der Waals surface area contributed by atoms with Gasteiger partial charge in [-0.1, -0.05) is 5.21 Å². The summed E-state index contributed by atoms with van der Waals surface area (Å²) in [5.41, 5.74) is 1.53. The average Bonchev–Trinajstić information content (AvgIpc) is 3.16. The third-order valence-corrected chi connectivity index (χ3v) is 4.18. The van der Waals surface area contributed by atoms with Gasteiger partial charge >= 0.3 is 0 Å². The molecule has 1 atom stereocenters. The van der Waals surface area contributed by atoms with Crippen LogP contribution in [0, 0.1) is 0 Å². The molecule has 1 aromatic carbocycles. The standard InChI is InChI=1S/C17H23N5O2/c1-14(6-8-21-10-12-24-13-11-21)19-17(23)15-2-4-16(5-3-15)22-9-7-18-20-22/h2-5,7,9,14H,6,8,10-13H2,1H3,(H,19,23). The Labute approximate surface area is 141 Å². The van der Waals surface area contributed by atoms with Gasteiger partial charge in [0.1, 0.15) is 0 Å². The molecule has 1 unspecified atom stereocenters. The maximum absolute atomic E-state index is 12.3. The zero-order valence-corrected chi connectivity index (χ0v) is 13.9. The predicted octanol–water partition coefficient (Wildman–Crippen LogP) is 1.11. The summed E-state index contributed by atoms with van der Waals surface area (Å²) in [5.74, 6) is -0.0467. The second-order valence-electron chi connectivity index (χ2n) is 6.01. The molecule has 7 nitrogen and oxygen atoms in total. The number of aromatic nitrogens is 3. The van der Waals surface area contributed by atoms with Crippen molar-refractivity contribution in [3.63, 3.8) is 0 Å². The molecule has 7 heteroatoms. The monoisotopic (exact) mass is 329 g/mol. The summed E-state index contributed by atoms with van der Waals surface area (Å²) in [5, 5.41) is 10.8. The Kier molecular flexibility index (Phi) is 5.55. The first-order valence-corrected chi connectivity index (χ1v) is 8.30. The fraction of sp³-hybridized carbons (Fsp3) is 0.471. The van der Waals surface area contributed by atoms with Crippen molar-refractivity contribution in [3.05, 3.63) is 42.2 Å². The summed E-state index contributed by atoms with van der Waals surface area (Å²) < 4.78 is 7.00. The van der Waals surface area contributed by atoms with E-state index in [4.69, 9.17) is 4.74 Å². The zero-order chi connectivity index (χ0) is 16.8. The van der Waals surface area contributed by atoms with E-state index >= 15 is 0 Å². The van der Waals surface area contributed by atoms with Gasteiger partial charge in [0, 0.05) is 31.2 Å². The fourth-order valence-electron chi connectivity index (χ4n) is 2.69. The zero-order valence-electron chi connectivity index (χ0n) is 13.9. The molecule has 1 fully saturated rings. The molecule has 3 rings (SSSR count). The summed E-state index contributed by atoms with van der Waals surface area (Å²) >= 11 is 0. The van der Waals surface area contributed by atoms with Crippen LogP contribution < -0.4 is 5.32 Å². The largest absolute Gasteiger partial charge is 0.379 e. The molecule has 24 heavy (non-hydrogen) atoms. The average molecular weight is 329 g/mol. The van der Waals surface area contributed by atoms with Gasteiger partial charge in [0.25, 0.3) is 5.91 Å². The summed E-state index contributed by atoms with van der Waals surface area (Å²) in [6.45, 7) is 6.59. The normalized spacial score (nSPS) is 16.7. The van der Waals surface area contributed by atoms with Crippen molar-refractivity contribution in [3.8, 4) is 5.69 Å². The van der Waals surface area contributed by atoms with E-state index < -0.39 is 0 Å². The van der Waals surface area contributed by atoms with Crippen molar-refractivity contribution >= 4 is 5.91 Å². The van der Waals surface area contributed by atoms with E-state index in [0.717, 1.165) is 45.0 Å². The van der Waals surface area contributed by atoms with Crippen LogP contribution in [0.4, 0.5) is 0 Å². The Bertz CT molecular complexity index is 636. The molecular weight excluding hydrogens is 306 g/mol. The number of rotatable bonds is 6. The number of hydrogen-bond donors (Lipinski definition) is 1. The highest BCUT2D eigenvalue weighted by molar-refractivity contribution is 5.94. The fourth-order valence-corrected chi connectivity index (χ4v) is 2.69. The van der Waals surface area contributed by atoms with Gasteiger partial charge in [0.05, 0.1) is 31.3 Å². The van der Waals surface area contributed by atoms with E-state index in [1.165, 1.54) is 0 Å². The minimum atomic E-state index is -0.0467. The van der Waals surface area contributed by atoms with Gasteiger partial charge in [-0.2, -0.15) is 0 Å². The minimum Gasteiger partial charge on any atom is -0.379 e. The van der Waals surface area contributed by atoms with Crippen molar-refractivity contribution in [2.75, 3.05) is 32.8 Å².